The zero-order valence-electron chi connectivity index (χ0n) is 25.3. The highest BCUT2D eigenvalue weighted by Crippen LogP contribution is 2.20. The smallest absolute Gasteiger partial charge is 0.322 e. The summed E-state index contributed by atoms with van der Waals surface area (Å²) in [4.78, 5) is 40.7. The highest BCUT2D eigenvalue weighted by molar-refractivity contribution is 7.89. The van der Waals surface area contributed by atoms with Gasteiger partial charge < -0.3 is 15.5 Å². The quantitative estimate of drug-likeness (QED) is 0.265. The van der Waals surface area contributed by atoms with E-state index in [4.69, 9.17) is 10.6 Å². The van der Waals surface area contributed by atoms with E-state index >= 15 is 0 Å². The van der Waals surface area contributed by atoms with Crippen LogP contribution in [0.4, 0.5) is 4.79 Å². The van der Waals surface area contributed by atoms with Crippen LogP contribution in [0.5, 0.6) is 0 Å². The number of likely N-dealkylation sites (N-methyl/N-ethyl adjacent to an activating group) is 1. The lowest BCUT2D eigenvalue weighted by atomic mass is 10.00. The van der Waals surface area contributed by atoms with Gasteiger partial charge in [-0.3, -0.25) is 14.5 Å². The molecule has 0 aliphatic carbocycles. The second-order valence-electron chi connectivity index (χ2n) is 11.2. The molecule has 11 heteroatoms. The van der Waals surface area contributed by atoms with Crippen LogP contribution in [0.2, 0.25) is 0 Å². The van der Waals surface area contributed by atoms with E-state index in [1.165, 1.54) is 4.90 Å². The lowest BCUT2D eigenvalue weighted by molar-refractivity contribution is -0.132. The first kappa shape index (κ1) is 33.3. The van der Waals surface area contributed by atoms with Crippen LogP contribution in [-0.2, 0) is 39.1 Å². The first-order valence-corrected chi connectivity index (χ1v) is 16.7. The Morgan fingerprint density at radius 2 is 1.39 bits per heavy atom. The summed E-state index contributed by atoms with van der Waals surface area (Å²) in [5.41, 5.74) is 9.19. The maximum atomic E-state index is 14.1. The molecule has 1 unspecified atom stereocenters. The Morgan fingerprint density at radius 1 is 0.841 bits per heavy atom. The summed E-state index contributed by atoms with van der Waals surface area (Å²) in [6.45, 7) is 2.35. The van der Waals surface area contributed by atoms with Gasteiger partial charge in [0.15, 0.2) is 0 Å². The molecule has 2 atom stereocenters. The number of urea groups is 1. The van der Waals surface area contributed by atoms with Gasteiger partial charge in [-0.2, -0.15) is 0 Å². The third kappa shape index (κ3) is 10.2. The third-order valence-electron chi connectivity index (χ3n) is 7.79. The number of imide groups is 1. The van der Waals surface area contributed by atoms with Crippen LogP contribution in [0.15, 0.2) is 91.0 Å². The summed E-state index contributed by atoms with van der Waals surface area (Å²) in [5.74, 6) is -0.851. The molecule has 10 nitrogen and oxygen atoms in total. The van der Waals surface area contributed by atoms with Gasteiger partial charge in [0.05, 0.1) is 18.4 Å². The van der Waals surface area contributed by atoms with Crippen molar-refractivity contribution >= 4 is 22.0 Å². The first-order valence-electron chi connectivity index (χ1n) is 15.0. The Kier molecular flexibility index (Phi) is 12.5. The standard InChI is InChI=1S/C33H43N5O5S/c1-36-20-22-37(23-21-36)33(40)38(32(39)31(34)25-28-13-7-3-8-14-28)30(18-17-27-11-5-2-6-12-27)19-24-44(41,42)35-43-26-29-15-9-4-10-16-29/h2-16,30-31,35H,17-26,34H2,1H3/t30?,31-/m0/s1. The molecule has 3 aromatic rings. The second kappa shape index (κ2) is 16.5. The zero-order chi connectivity index (χ0) is 31.4. The molecule has 3 aromatic carbocycles. The van der Waals surface area contributed by atoms with E-state index in [1.807, 2.05) is 98.0 Å². The largest absolute Gasteiger partial charge is 0.327 e. The van der Waals surface area contributed by atoms with Gasteiger partial charge in [-0.15, -0.1) is 0 Å². The number of hydrogen-bond donors (Lipinski definition) is 2. The average Bonchev–Trinajstić information content (AvgIpc) is 3.03. The molecule has 0 spiro atoms. The average molecular weight is 622 g/mol. The van der Waals surface area contributed by atoms with Gasteiger partial charge in [-0.25, -0.2) is 13.2 Å². The summed E-state index contributed by atoms with van der Waals surface area (Å²) in [6.07, 6.45) is 1.22. The molecule has 4 rings (SSSR count). The van der Waals surface area contributed by atoms with Crippen molar-refractivity contribution in [3.63, 3.8) is 0 Å². The molecular formula is C33H43N5O5S. The van der Waals surface area contributed by atoms with Crippen molar-refractivity contribution in [1.82, 2.24) is 19.6 Å². The molecule has 1 aliphatic heterocycles. The van der Waals surface area contributed by atoms with Crippen LogP contribution >= 0.6 is 0 Å². The predicted octanol–water partition coefficient (Wildman–Crippen LogP) is 3.20. The van der Waals surface area contributed by atoms with Crippen LogP contribution in [0.3, 0.4) is 0 Å². The number of nitrogens with two attached hydrogens (primary N) is 1. The number of hydrogen-bond acceptors (Lipinski definition) is 7. The van der Waals surface area contributed by atoms with Crippen molar-refractivity contribution in [3.05, 3.63) is 108 Å². The van der Waals surface area contributed by atoms with Crippen LogP contribution in [-0.4, -0.2) is 86.1 Å². The topological polar surface area (TPSA) is 125 Å². The van der Waals surface area contributed by atoms with Gasteiger partial charge in [0.2, 0.25) is 15.9 Å². The number of sulfonamides is 1. The molecule has 1 fully saturated rings. The molecule has 0 radical (unpaired) electrons. The summed E-state index contributed by atoms with van der Waals surface area (Å²) in [6, 6.07) is 26.2. The molecule has 1 aliphatic rings. The maximum Gasteiger partial charge on any atom is 0.327 e. The van der Waals surface area contributed by atoms with E-state index in [0.29, 0.717) is 39.0 Å². The van der Waals surface area contributed by atoms with E-state index in [2.05, 4.69) is 9.79 Å². The van der Waals surface area contributed by atoms with Crippen molar-refractivity contribution in [2.24, 2.45) is 5.73 Å². The molecule has 236 valence electrons. The van der Waals surface area contributed by atoms with Crippen molar-refractivity contribution < 1.29 is 22.8 Å². The summed E-state index contributed by atoms with van der Waals surface area (Å²) >= 11 is 0. The fourth-order valence-corrected chi connectivity index (χ4v) is 6.11. The molecular weight excluding hydrogens is 578 g/mol. The highest BCUT2D eigenvalue weighted by atomic mass is 32.2. The van der Waals surface area contributed by atoms with Crippen molar-refractivity contribution in [3.8, 4) is 0 Å². The monoisotopic (exact) mass is 621 g/mol. The molecule has 44 heavy (non-hydrogen) atoms. The zero-order valence-corrected chi connectivity index (χ0v) is 26.1. The minimum absolute atomic E-state index is 0.0279. The van der Waals surface area contributed by atoms with Crippen molar-refractivity contribution in [2.75, 3.05) is 39.0 Å². The minimum Gasteiger partial charge on any atom is -0.322 e. The number of nitrogens with one attached hydrogen (secondary N) is 1. The Bertz CT molecular complexity index is 1420. The van der Waals surface area contributed by atoms with Crippen LogP contribution in [0, 0.1) is 0 Å². The van der Waals surface area contributed by atoms with Crippen LogP contribution in [0.25, 0.3) is 0 Å². The van der Waals surface area contributed by atoms with Gasteiger partial charge in [0, 0.05) is 32.2 Å². The highest BCUT2D eigenvalue weighted by Gasteiger charge is 2.37. The molecule has 3 N–H and O–H groups in total. The van der Waals surface area contributed by atoms with E-state index in [-0.39, 0.29) is 25.2 Å². The van der Waals surface area contributed by atoms with Crippen LogP contribution < -0.4 is 10.6 Å². The Morgan fingerprint density at radius 3 is 1.98 bits per heavy atom. The summed E-state index contributed by atoms with van der Waals surface area (Å²) in [7, 11) is -1.90. The second-order valence-corrected chi connectivity index (χ2v) is 13.0. The fraction of sp³-hybridized carbons (Fsp3) is 0.394. The van der Waals surface area contributed by atoms with E-state index in [9.17, 15) is 18.0 Å². The van der Waals surface area contributed by atoms with E-state index in [1.54, 1.807) is 4.90 Å². The number of aryl methyl sites for hydroxylation is 1. The SMILES string of the molecule is CN1CCN(C(=O)N(C(=O)[C@@H](N)Cc2ccccc2)C(CCc2ccccc2)CCS(=O)(=O)NOCc2ccccc2)CC1. The Labute approximate surface area is 260 Å². The third-order valence-corrected chi connectivity index (χ3v) is 8.94. The number of rotatable bonds is 14. The van der Waals surface area contributed by atoms with Gasteiger partial charge >= 0.3 is 6.03 Å². The lowest BCUT2D eigenvalue weighted by Crippen LogP contribution is -2.59. The van der Waals surface area contributed by atoms with Crippen molar-refractivity contribution in [1.29, 1.82) is 0 Å². The number of nitrogens with zero attached hydrogens (tertiary/aromatic N) is 3. The van der Waals surface area contributed by atoms with Gasteiger partial charge in [0.25, 0.3) is 0 Å². The van der Waals surface area contributed by atoms with E-state index < -0.39 is 34.0 Å². The molecule has 1 saturated heterocycles. The number of carbonyl (C=O) groups is 2. The maximum absolute atomic E-state index is 14.1. The fourth-order valence-electron chi connectivity index (χ4n) is 5.20. The van der Waals surface area contributed by atoms with Crippen LogP contribution in [0.1, 0.15) is 29.5 Å². The lowest BCUT2D eigenvalue weighted by Gasteiger charge is -2.39. The molecule has 1 heterocycles. The normalized spacial score (nSPS) is 15.5. The molecule has 0 saturated carbocycles. The molecule has 0 bridgehead atoms. The number of benzene rings is 3. The molecule has 0 aromatic heterocycles. The van der Waals surface area contributed by atoms with Gasteiger partial charge in [-0.1, -0.05) is 95.9 Å². The number of carbonyl (C=O) groups excluding carboxylic acids is 2. The molecule has 3 amide bonds. The Hall–Kier alpha value is -3.61. The van der Waals surface area contributed by atoms with Gasteiger partial charge in [-0.05, 0) is 49.4 Å². The first-order chi connectivity index (χ1) is 21.2. The van der Waals surface area contributed by atoms with Crippen molar-refractivity contribution in [2.45, 2.75) is 44.4 Å². The summed E-state index contributed by atoms with van der Waals surface area (Å²) < 4.78 is 26.0. The minimum atomic E-state index is -3.89. The number of amides is 3. The summed E-state index contributed by atoms with van der Waals surface area (Å²) in [5, 5.41) is 0. The number of piperazine rings is 1. The van der Waals surface area contributed by atoms with Gasteiger partial charge in [0.1, 0.15) is 0 Å². The van der Waals surface area contributed by atoms with E-state index in [0.717, 1.165) is 16.7 Å². The Balaban J connectivity index is 1.55. The predicted molar refractivity (Wildman–Crippen MR) is 171 cm³/mol.